The normalized spacial score (nSPS) is 20.6. The number of hydrogen-bond acceptors (Lipinski definition) is 5. The topological polar surface area (TPSA) is 85.5 Å². The first kappa shape index (κ1) is 19.2. The van der Waals surface area contributed by atoms with E-state index in [0.29, 0.717) is 43.9 Å². The van der Waals surface area contributed by atoms with Crippen LogP contribution in [0.2, 0.25) is 0 Å². The lowest BCUT2D eigenvalue weighted by molar-refractivity contribution is -0.126. The van der Waals surface area contributed by atoms with Crippen molar-refractivity contribution in [1.82, 2.24) is 19.6 Å². The third kappa shape index (κ3) is 3.74. The van der Waals surface area contributed by atoms with Gasteiger partial charge in [-0.15, -0.1) is 0 Å². The molecule has 2 fully saturated rings. The van der Waals surface area contributed by atoms with Crippen LogP contribution < -0.4 is 4.90 Å². The molecule has 0 spiro atoms. The van der Waals surface area contributed by atoms with Crippen molar-refractivity contribution in [3.63, 3.8) is 0 Å². The van der Waals surface area contributed by atoms with E-state index in [1.165, 1.54) is 0 Å². The summed E-state index contributed by atoms with van der Waals surface area (Å²) in [7, 11) is 1.84. The van der Waals surface area contributed by atoms with Gasteiger partial charge in [-0.1, -0.05) is 12.1 Å². The predicted octanol–water partition coefficient (Wildman–Crippen LogP) is 1.25. The van der Waals surface area contributed by atoms with Crippen LogP contribution in [0.3, 0.4) is 0 Å². The number of carbonyl (C=O) groups excluding carboxylic acids is 2. The van der Waals surface area contributed by atoms with Gasteiger partial charge in [-0.2, -0.15) is 10.4 Å². The van der Waals surface area contributed by atoms with Crippen molar-refractivity contribution in [2.75, 3.05) is 37.6 Å². The molecule has 2 saturated heterocycles. The summed E-state index contributed by atoms with van der Waals surface area (Å²) in [6.07, 6.45) is 5.37. The third-order valence-electron chi connectivity index (χ3n) is 5.73. The van der Waals surface area contributed by atoms with Crippen LogP contribution in [0.25, 0.3) is 0 Å². The Kier molecular flexibility index (Phi) is 5.32. The van der Waals surface area contributed by atoms with Crippen molar-refractivity contribution in [2.24, 2.45) is 7.05 Å². The molecule has 2 amide bonds. The molecule has 8 heteroatoms. The van der Waals surface area contributed by atoms with Crippen LogP contribution >= 0.6 is 0 Å². The molecule has 2 aromatic rings. The van der Waals surface area contributed by atoms with Crippen molar-refractivity contribution in [1.29, 1.82) is 5.26 Å². The Labute approximate surface area is 169 Å². The van der Waals surface area contributed by atoms with Crippen LogP contribution in [0.1, 0.15) is 28.8 Å². The van der Waals surface area contributed by atoms with E-state index in [2.05, 4.69) is 16.1 Å². The lowest BCUT2D eigenvalue weighted by Crippen LogP contribution is -2.58. The van der Waals surface area contributed by atoms with Gasteiger partial charge in [0.05, 0.1) is 35.1 Å². The first-order chi connectivity index (χ1) is 14.1. The number of piperidine rings is 1. The highest BCUT2D eigenvalue weighted by molar-refractivity contribution is 5.98. The summed E-state index contributed by atoms with van der Waals surface area (Å²) in [6.45, 7) is 3.12. The molecule has 0 bridgehead atoms. The number of piperazine rings is 1. The van der Waals surface area contributed by atoms with Gasteiger partial charge in [0.1, 0.15) is 0 Å². The highest BCUT2D eigenvalue weighted by Gasteiger charge is 2.36. The minimum Gasteiger partial charge on any atom is -0.336 e. The minimum atomic E-state index is -0.160. The fourth-order valence-corrected chi connectivity index (χ4v) is 4.17. The highest BCUT2D eigenvalue weighted by atomic mass is 16.2. The van der Waals surface area contributed by atoms with E-state index in [9.17, 15) is 14.9 Å². The quantitative estimate of drug-likeness (QED) is 0.785. The summed E-state index contributed by atoms with van der Waals surface area (Å²) in [4.78, 5) is 31.7. The maximum Gasteiger partial charge on any atom is 0.255 e. The predicted molar refractivity (Wildman–Crippen MR) is 107 cm³/mol. The Morgan fingerprint density at radius 2 is 1.93 bits per heavy atom. The molecule has 1 aromatic carbocycles. The summed E-state index contributed by atoms with van der Waals surface area (Å²) >= 11 is 0. The van der Waals surface area contributed by atoms with Crippen LogP contribution in [0, 0.1) is 11.3 Å². The second-order valence-electron chi connectivity index (χ2n) is 7.51. The van der Waals surface area contributed by atoms with Crippen LogP contribution in [-0.2, 0) is 11.8 Å². The lowest BCUT2D eigenvalue weighted by Gasteiger charge is -2.42. The summed E-state index contributed by atoms with van der Waals surface area (Å²) < 4.78 is 1.70. The first-order valence-electron chi connectivity index (χ1n) is 9.91. The molecule has 3 heterocycles. The van der Waals surface area contributed by atoms with E-state index in [-0.39, 0.29) is 17.9 Å². The average Bonchev–Trinajstić information content (AvgIpc) is 3.19. The molecule has 1 aromatic heterocycles. The summed E-state index contributed by atoms with van der Waals surface area (Å²) in [5.74, 6) is -0.00684. The van der Waals surface area contributed by atoms with Crippen LogP contribution in [0.4, 0.5) is 5.69 Å². The van der Waals surface area contributed by atoms with Crippen LogP contribution in [-0.4, -0.2) is 70.2 Å². The number of nitriles is 1. The van der Waals surface area contributed by atoms with Crippen molar-refractivity contribution in [2.45, 2.75) is 18.9 Å². The van der Waals surface area contributed by atoms with Gasteiger partial charge in [0.2, 0.25) is 5.91 Å². The van der Waals surface area contributed by atoms with Gasteiger partial charge in [0.25, 0.3) is 5.91 Å². The summed E-state index contributed by atoms with van der Waals surface area (Å²) in [5, 5.41) is 13.4. The number of aryl methyl sites for hydroxylation is 1. The zero-order valence-corrected chi connectivity index (χ0v) is 16.5. The number of hydrogen-bond donors (Lipinski definition) is 0. The number of rotatable bonds is 3. The highest BCUT2D eigenvalue weighted by Crippen LogP contribution is 2.24. The molecule has 0 unspecified atom stereocenters. The van der Waals surface area contributed by atoms with E-state index < -0.39 is 0 Å². The molecular formula is C21H24N6O2. The molecular weight excluding hydrogens is 368 g/mol. The fourth-order valence-electron chi connectivity index (χ4n) is 4.17. The second-order valence-corrected chi connectivity index (χ2v) is 7.51. The number of nitrogens with zero attached hydrogens (tertiary/aromatic N) is 6. The SMILES string of the molecule is Cn1cc(N2CCC[C@H](N3CCN(C(=O)c4ccccc4C#N)CC3)C2=O)cn1. The Morgan fingerprint density at radius 1 is 1.17 bits per heavy atom. The van der Waals surface area contributed by atoms with Crippen molar-refractivity contribution >= 4 is 17.5 Å². The van der Waals surface area contributed by atoms with Crippen molar-refractivity contribution in [3.8, 4) is 6.07 Å². The van der Waals surface area contributed by atoms with E-state index in [0.717, 1.165) is 18.5 Å². The van der Waals surface area contributed by atoms with Gasteiger partial charge in [-0.25, -0.2) is 0 Å². The molecule has 2 aliphatic rings. The lowest BCUT2D eigenvalue weighted by atomic mass is 10.0. The number of aromatic nitrogens is 2. The van der Waals surface area contributed by atoms with Gasteiger partial charge in [0, 0.05) is 46.0 Å². The Hall–Kier alpha value is -3.18. The molecule has 1 atom stereocenters. The Balaban J connectivity index is 1.41. The minimum absolute atomic E-state index is 0.110. The zero-order valence-electron chi connectivity index (χ0n) is 16.5. The summed E-state index contributed by atoms with van der Waals surface area (Å²) in [6, 6.07) is 8.83. The number of anilines is 1. The van der Waals surface area contributed by atoms with E-state index >= 15 is 0 Å². The number of carbonyl (C=O) groups is 2. The molecule has 0 saturated carbocycles. The molecule has 29 heavy (non-hydrogen) atoms. The maximum atomic E-state index is 13.1. The molecule has 4 rings (SSSR count). The Bertz CT molecular complexity index is 954. The number of amides is 2. The average molecular weight is 392 g/mol. The first-order valence-corrected chi connectivity index (χ1v) is 9.91. The Morgan fingerprint density at radius 3 is 2.62 bits per heavy atom. The third-order valence-corrected chi connectivity index (χ3v) is 5.73. The van der Waals surface area contributed by atoms with Crippen molar-refractivity contribution in [3.05, 3.63) is 47.8 Å². The molecule has 0 aliphatic carbocycles. The fraction of sp³-hybridized carbons (Fsp3) is 0.429. The van der Waals surface area contributed by atoms with Gasteiger partial charge in [-0.05, 0) is 25.0 Å². The van der Waals surface area contributed by atoms with E-state index in [4.69, 9.17) is 0 Å². The molecule has 0 N–H and O–H groups in total. The van der Waals surface area contributed by atoms with E-state index in [1.807, 2.05) is 18.1 Å². The molecule has 150 valence electrons. The smallest absolute Gasteiger partial charge is 0.255 e. The van der Waals surface area contributed by atoms with Gasteiger partial charge in [-0.3, -0.25) is 19.2 Å². The maximum absolute atomic E-state index is 13.1. The van der Waals surface area contributed by atoms with Gasteiger partial charge >= 0.3 is 0 Å². The van der Waals surface area contributed by atoms with Gasteiger partial charge in [0.15, 0.2) is 0 Å². The van der Waals surface area contributed by atoms with E-state index in [1.54, 1.807) is 40.0 Å². The summed E-state index contributed by atoms with van der Waals surface area (Å²) in [5.41, 5.74) is 1.68. The molecule has 8 nitrogen and oxygen atoms in total. The largest absolute Gasteiger partial charge is 0.336 e. The zero-order chi connectivity index (χ0) is 20.4. The van der Waals surface area contributed by atoms with Gasteiger partial charge < -0.3 is 9.80 Å². The van der Waals surface area contributed by atoms with Crippen LogP contribution in [0.15, 0.2) is 36.7 Å². The standard InChI is InChI=1S/C21H24N6O2/c1-24-15-17(14-23-24)27-8-4-7-19(21(27)29)25-9-11-26(12-10-25)20(28)18-6-3-2-5-16(18)13-22/h2-3,5-6,14-15,19H,4,7-12H2,1H3/t19-/m0/s1. The monoisotopic (exact) mass is 392 g/mol. The second kappa shape index (κ2) is 8.05. The molecule has 2 aliphatic heterocycles. The molecule has 0 radical (unpaired) electrons. The van der Waals surface area contributed by atoms with Crippen LogP contribution in [0.5, 0.6) is 0 Å². The number of benzene rings is 1. The van der Waals surface area contributed by atoms with Crippen molar-refractivity contribution < 1.29 is 9.59 Å².